The van der Waals surface area contributed by atoms with Crippen LogP contribution in [-0.2, 0) is 0 Å². The van der Waals surface area contributed by atoms with E-state index in [-0.39, 0.29) is 6.04 Å². The van der Waals surface area contributed by atoms with Crippen molar-refractivity contribution in [1.82, 2.24) is 10.6 Å². The van der Waals surface area contributed by atoms with Crippen LogP contribution in [0.2, 0.25) is 0 Å². The number of unbranched alkanes of at least 4 members (excludes halogenated alkanes) is 2. The number of nitrogens with one attached hydrogen (secondary N) is 2. The molecule has 2 N–H and O–H groups in total. The minimum atomic E-state index is 0.169. The van der Waals surface area contributed by atoms with Crippen molar-refractivity contribution in [3.05, 3.63) is 84.1 Å². The Morgan fingerprint density at radius 3 is 1.96 bits per heavy atom. The molecule has 0 spiro atoms. The molecule has 0 unspecified atom stereocenters. The highest BCUT2D eigenvalue weighted by molar-refractivity contribution is 5.32. The highest BCUT2D eigenvalue weighted by Gasteiger charge is 2.13. The largest absolute Gasteiger partial charge is 0.378 e. The molecule has 0 bridgehead atoms. The van der Waals surface area contributed by atoms with Crippen LogP contribution in [0.25, 0.3) is 0 Å². The molecule has 0 atom stereocenters. The van der Waals surface area contributed by atoms with Gasteiger partial charge in [-0.25, -0.2) is 0 Å². The smallest absolute Gasteiger partial charge is 0.0764 e. The zero-order valence-electron chi connectivity index (χ0n) is 14.1. The van der Waals surface area contributed by atoms with Crippen LogP contribution >= 0.6 is 0 Å². The molecule has 0 fully saturated rings. The molecule has 2 aromatic rings. The third-order valence-corrected chi connectivity index (χ3v) is 4.02. The minimum absolute atomic E-state index is 0.169. The van der Waals surface area contributed by atoms with E-state index in [9.17, 15) is 0 Å². The summed E-state index contributed by atoms with van der Waals surface area (Å²) in [5.41, 5.74) is 3.66. The molecule has 0 amide bonds. The molecular formula is C21H28N2. The molecule has 23 heavy (non-hydrogen) atoms. The minimum Gasteiger partial charge on any atom is -0.378 e. The van der Waals surface area contributed by atoms with Crippen LogP contribution in [0.3, 0.4) is 0 Å². The Morgan fingerprint density at radius 1 is 0.870 bits per heavy atom. The fourth-order valence-corrected chi connectivity index (χ4v) is 2.74. The van der Waals surface area contributed by atoms with Crippen molar-refractivity contribution in [2.45, 2.75) is 31.7 Å². The first-order valence-corrected chi connectivity index (χ1v) is 8.50. The summed E-state index contributed by atoms with van der Waals surface area (Å²) < 4.78 is 0. The van der Waals surface area contributed by atoms with Crippen molar-refractivity contribution < 1.29 is 0 Å². The van der Waals surface area contributed by atoms with Crippen LogP contribution in [0, 0.1) is 0 Å². The van der Waals surface area contributed by atoms with Crippen LogP contribution in [0.15, 0.2) is 72.9 Å². The topological polar surface area (TPSA) is 24.1 Å². The van der Waals surface area contributed by atoms with Gasteiger partial charge in [-0.05, 0) is 44.0 Å². The molecule has 0 radical (unpaired) electrons. The van der Waals surface area contributed by atoms with Gasteiger partial charge in [0.15, 0.2) is 0 Å². The molecule has 2 aromatic carbocycles. The number of rotatable bonds is 10. The predicted octanol–water partition coefficient (Wildman–Crippen LogP) is 4.66. The molecule has 0 saturated carbocycles. The van der Waals surface area contributed by atoms with Crippen LogP contribution < -0.4 is 10.6 Å². The summed E-state index contributed by atoms with van der Waals surface area (Å²) in [4.78, 5) is 0. The van der Waals surface area contributed by atoms with Gasteiger partial charge in [-0.3, -0.25) is 0 Å². The maximum absolute atomic E-state index is 4.24. The molecule has 2 heteroatoms. The number of allylic oxidation sites excluding steroid dienone is 1. The van der Waals surface area contributed by atoms with Gasteiger partial charge in [-0.15, -0.1) is 0 Å². The quantitative estimate of drug-likeness (QED) is 0.624. The SMILES string of the molecule is C=C(CCCCCNC)NC(c1ccccc1)c1ccccc1. The molecule has 2 nitrogen and oxygen atoms in total. The van der Waals surface area contributed by atoms with Gasteiger partial charge in [-0.1, -0.05) is 73.7 Å². The van der Waals surface area contributed by atoms with Gasteiger partial charge in [0.2, 0.25) is 0 Å². The van der Waals surface area contributed by atoms with Crippen LogP contribution in [0.4, 0.5) is 0 Å². The lowest BCUT2D eigenvalue weighted by Gasteiger charge is -2.22. The lowest BCUT2D eigenvalue weighted by Crippen LogP contribution is -2.21. The van der Waals surface area contributed by atoms with Crippen molar-refractivity contribution in [2.24, 2.45) is 0 Å². The average Bonchev–Trinajstić information content (AvgIpc) is 2.61. The van der Waals surface area contributed by atoms with E-state index in [4.69, 9.17) is 0 Å². The maximum Gasteiger partial charge on any atom is 0.0764 e. The van der Waals surface area contributed by atoms with E-state index in [1.807, 2.05) is 7.05 Å². The number of benzene rings is 2. The first-order chi connectivity index (χ1) is 11.3. The van der Waals surface area contributed by atoms with Crippen LogP contribution in [0.1, 0.15) is 42.9 Å². The Bertz CT molecular complexity index is 523. The van der Waals surface area contributed by atoms with Crippen molar-refractivity contribution in [1.29, 1.82) is 0 Å². The van der Waals surface area contributed by atoms with Gasteiger partial charge >= 0.3 is 0 Å². The van der Waals surface area contributed by atoms with Crippen LogP contribution in [-0.4, -0.2) is 13.6 Å². The monoisotopic (exact) mass is 308 g/mol. The van der Waals surface area contributed by atoms with Gasteiger partial charge < -0.3 is 10.6 Å². The van der Waals surface area contributed by atoms with Gasteiger partial charge in [-0.2, -0.15) is 0 Å². The van der Waals surface area contributed by atoms with Crippen molar-refractivity contribution in [3.63, 3.8) is 0 Å². The lowest BCUT2D eigenvalue weighted by molar-refractivity contribution is 0.603. The first kappa shape index (κ1) is 17.3. The normalized spacial score (nSPS) is 10.7. The van der Waals surface area contributed by atoms with E-state index in [0.717, 1.165) is 18.7 Å². The summed E-state index contributed by atoms with van der Waals surface area (Å²) in [5, 5.41) is 6.82. The molecule has 122 valence electrons. The second-order valence-corrected chi connectivity index (χ2v) is 5.92. The maximum atomic E-state index is 4.24. The molecular weight excluding hydrogens is 280 g/mol. The van der Waals surface area contributed by atoms with Crippen molar-refractivity contribution in [3.8, 4) is 0 Å². The molecule has 0 aliphatic heterocycles. The summed E-state index contributed by atoms with van der Waals surface area (Å²) in [6, 6.07) is 21.3. The molecule has 0 aliphatic carbocycles. The van der Waals surface area contributed by atoms with E-state index in [2.05, 4.69) is 77.9 Å². The van der Waals surface area contributed by atoms with Gasteiger partial charge in [0, 0.05) is 5.70 Å². The van der Waals surface area contributed by atoms with Gasteiger partial charge in [0.1, 0.15) is 0 Å². The van der Waals surface area contributed by atoms with E-state index < -0.39 is 0 Å². The van der Waals surface area contributed by atoms with Gasteiger partial charge in [0.25, 0.3) is 0 Å². The summed E-state index contributed by atoms with van der Waals surface area (Å²) in [6.45, 7) is 5.33. The Kier molecular flexibility index (Phi) is 7.41. The molecule has 2 rings (SSSR count). The second kappa shape index (κ2) is 9.86. The second-order valence-electron chi connectivity index (χ2n) is 5.92. The van der Waals surface area contributed by atoms with E-state index >= 15 is 0 Å². The number of hydrogen-bond donors (Lipinski definition) is 2. The van der Waals surface area contributed by atoms with Gasteiger partial charge in [0.05, 0.1) is 6.04 Å². The van der Waals surface area contributed by atoms with Crippen molar-refractivity contribution >= 4 is 0 Å². The zero-order chi connectivity index (χ0) is 16.3. The van der Waals surface area contributed by atoms with E-state index in [0.29, 0.717) is 0 Å². The summed E-state index contributed by atoms with van der Waals surface area (Å²) in [6.07, 6.45) is 4.68. The third kappa shape index (κ3) is 5.91. The van der Waals surface area contributed by atoms with Crippen LogP contribution in [0.5, 0.6) is 0 Å². The van der Waals surface area contributed by atoms with E-state index in [1.54, 1.807) is 0 Å². The molecule has 0 aromatic heterocycles. The Balaban J connectivity index is 1.97. The summed E-state index contributed by atoms with van der Waals surface area (Å²) in [5.74, 6) is 0. The average molecular weight is 308 g/mol. The zero-order valence-corrected chi connectivity index (χ0v) is 14.1. The highest BCUT2D eigenvalue weighted by atomic mass is 14.9. The fraction of sp³-hybridized carbons (Fsp3) is 0.333. The standard InChI is InChI=1S/C21H28N2/c1-18(12-6-5-11-17-22-2)23-21(19-13-7-3-8-14-19)20-15-9-4-10-16-20/h3-4,7-10,13-16,21-23H,1,5-6,11-12,17H2,2H3. The fourth-order valence-electron chi connectivity index (χ4n) is 2.74. The molecule has 0 heterocycles. The molecule has 0 saturated heterocycles. The highest BCUT2D eigenvalue weighted by Crippen LogP contribution is 2.23. The predicted molar refractivity (Wildman–Crippen MR) is 99.4 cm³/mol. The Labute approximate surface area is 140 Å². The molecule has 0 aliphatic rings. The van der Waals surface area contributed by atoms with E-state index in [1.165, 1.54) is 30.4 Å². The Morgan fingerprint density at radius 2 is 1.43 bits per heavy atom. The van der Waals surface area contributed by atoms with Crippen molar-refractivity contribution in [2.75, 3.05) is 13.6 Å². The Hall–Kier alpha value is -2.06. The summed E-state index contributed by atoms with van der Waals surface area (Å²) in [7, 11) is 2.00. The summed E-state index contributed by atoms with van der Waals surface area (Å²) >= 11 is 0. The lowest BCUT2D eigenvalue weighted by atomic mass is 9.98. The third-order valence-electron chi connectivity index (χ3n) is 4.02. The first-order valence-electron chi connectivity index (χ1n) is 8.50. The number of hydrogen-bond acceptors (Lipinski definition) is 2.